The molecule has 1 aliphatic carbocycles. The molecule has 0 bridgehead atoms. The van der Waals surface area contributed by atoms with Crippen molar-refractivity contribution >= 4 is 40.0 Å². The normalized spacial score (nSPS) is 14.5. The molecule has 1 saturated carbocycles. The van der Waals surface area contributed by atoms with Crippen molar-refractivity contribution in [2.24, 2.45) is 10.9 Å². The minimum absolute atomic E-state index is 0. The summed E-state index contributed by atoms with van der Waals surface area (Å²) in [6.07, 6.45) is 3.30. The molecule has 0 heterocycles. The smallest absolute Gasteiger partial charge is 0.387 e. The summed E-state index contributed by atoms with van der Waals surface area (Å²) in [5.41, 5.74) is 0.418. The van der Waals surface area contributed by atoms with Gasteiger partial charge in [0.2, 0.25) is 10.0 Å². The number of halogens is 3. The van der Waals surface area contributed by atoms with Crippen molar-refractivity contribution in [1.29, 1.82) is 0 Å². The van der Waals surface area contributed by atoms with E-state index in [0.717, 1.165) is 19.3 Å². The van der Waals surface area contributed by atoms with Crippen molar-refractivity contribution in [2.75, 3.05) is 32.5 Å². The first-order valence-electron chi connectivity index (χ1n) is 9.94. The summed E-state index contributed by atoms with van der Waals surface area (Å²) >= 11 is 0. The minimum Gasteiger partial charge on any atom is -0.497 e. The quantitative estimate of drug-likeness (QED) is 0.201. The van der Waals surface area contributed by atoms with Crippen molar-refractivity contribution in [3.05, 3.63) is 23.8 Å². The van der Waals surface area contributed by atoms with Crippen LogP contribution >= 0.6 is 24.0 Å². The number of aliphatic imine (C=N–C) groups is 1. The minimum atomic E-state index is -3.37. The largest absolute Gasteiger partial charge is 0.497 e. The third-order valence-electron chi connectivity index (χ3n) is 4.72. The zero-order valence-electron chi connectivity index (χ0n) is 17.7. The van der Waals surface area contributed by atoms with Gasteiger partial charge in [-0.1, -0.05) is 6.42 Å². The summed E-state index contributed by atoms with van der Waals surface area (Å²) in [6, 6.07) is 4.49. The van der Waals surface area contributed by atoms with Gasteiger partial charge >= 0.3 is 6.61 Å². The summed E-state index contributed by atoms with van der Waals surface area (Å²) in [4.78, 5) is 4.34. The number of benzene rings is 1. The lowest BCUT2D eigenvalue weighted by Gasteiger charge is -2.25. The maximum atomic E-state index is 12.6. The van der Waals surface area contributed by atoms with Gasteiger partial charge in [-0.2, -0.15) is 8.78 Å². The first kappa shape index (κ1) is 27.6. The van der Waals surface area contributed by atoms with Crippen molar-refractivity contribution in [3.8, 4) is 11.5 Å². The van der Waals surface area contributed by atoms with E-state index in [9.17, 15) is 17.2 Å². The topological polar surface area (TPSA) is 101 Å². The number of rotatable bonds is 12. The Bertz CT molecular complexity index is 808. The second kappa shape index (κ2) is 13.9. The zero-order valence-corrected chi connectivity index (χ0v) is 20.8. The summed E-state index contributed by atoms with van der Waals surface area (Å²) in [5, 5.41) is 5.95. The number of nitrogens with zero attached hydrogens (tertiary/aromatic N) is 1. The summed E-state index contributed by atoms with van der Waals surface area (Å²) in [6.45, 7) is 0.150. The van der Waals surface area contributed by atoms with Crippen molar-refractivity contribution < 1.29 is 26.7 Å². The maximum Gasteiger partial charge on any atom is 0.387 e. The van der Waals surface area contributed by atoms with Gasteiger partial charge in [0, 0.05) is 25.2 Å². The lowest BCUT2D eigenvalue weighted by Crippen LogP contribution is -2.42. The molecule has 0 radical (unpaired) electrons. The van der Waals surface area contributed by atoms with Gasteiger partial charge in [-0.05, 0) is 43.9 Å². The highest BCUT2D eigenvalue weighted by atomic mass is 127. The third-order valence-corrected chi connectivity index (χ3v) is 6.06. The van der Waals surface area contributed by atoms with Gasteiger partial charge in [-0.3, -0.25) is 0 Å². The molecular formula is C19H31F2IN4O4S. The molecule has 0 spiro atoms. The first-order valence-corrected chi connectivity index (χ1v) is 11.6. The van der Waals surface area contributed by atoms with Crippen LogP contribution < -0.4 is 24.8 Å². The Morgan fingerprint density at radius 3 is 2.61 bits per heavy atom. The van der Waals surface area contributed by atoms with Crippen LogP contribution in [0.2, 0.25) is 0 Å². The highest BCUT2D eigenvalue weighted by molar-refractivity contribution is 14.0. The molecule has 12 heteroatoms. The van der Waals surface area contributed by atoms with Crippen molar-refractivity contribution in [2.45, 2.75) is 39.3 Å². The Kier molecular flexibility index (Phi) is 12.4. The van der Waals surface area contributed by atoms with Crippen molar-refractivity contribution in [3.63, 3.8) is 0 Å². The SMILES string of the molecule is CCNC(=NCc1cc(OC)ccc1OC(F)F)NCCS(=O)(=O)NCC1CCC1.I. The number of hydrogen-bond donors (Lipinski definition) is 3. The number of guanidine groups is 1. The van der Waals surface area contributed by atoms with E-state index in [-0.39, 0.29) is 48.6 Å². The maximum absolute atomic E-state index is 12.6. The molecule has 0 saturated heterocycles. The van der Waals surface area contributed by atoms with Gasteiger partial charge in [0.25, 0.3) is 0 Å². The highest BCUT2D eigenvalue weighted by Gasteiger charge is 2.20. The van der Waals surface area contributed by atoms with E-state index in [1.54, 1.807) is 6.07 Å². The van der Waals surface area contributed by atoms with Gasteiger partial charge in [0.1, 0.15) is 11.5 Å². The predicted molar refractivity (Wildman–Crippen MR) is 127 cm³/mol. The molecular weight excluding hydrogens is 545 g/mol. The molecule has 8 nitrogen and oxygen atoms in total. The van der Waals surface area contributed by atoms with E-state index in [2.05, 4.69) is 25.1 Å². The van der Waals surface area contributed by atoms with E-state index in [1.165, 1.54) is 19.2 Å². The number of methoxy groups -OCH3 is 1. The monoisotopic (exact) mass is 576 g/mol. The van der Waals surface area contributed by atoms with Crippen LogP contribution in [-0.4, -0.2) is 53.5 Å². The molecule has 0 unspecified atom stereocenters. The van der Waals surface area contributed by atoms with Crippen LogP contribution in [0.15, 0.2) is 23.2 Å². The van der Waals surface area contributed by atoms with Crippen molar-refractivity contribution in [1.82, 2.24) is 15.4 Å². The fourth-order valence-corrected chi connectivity index (χ4v) is 3.85. The molecule has 1 aromatic rings. The molecule has 1 aliphatic rings. The van der Waals surface area contributed by atoms with Crippen LogP contribution in [0.4, 0.5) is 8.78 Å². The standard InChI is InChI=1S/C19H30F2N4O4S.HI/c1-3-22-19(23-9-10-30(26,27)25-12-14-5-4-6-14)24-13-15-11-16(28-2)7-8-17(15)29-18(20)21;/h7-8,11,14,18,25H,3-6,9-10,12-13H2,1-2H3,(H2,22,23,24);1H. The number of nitrogens with one attached hydrogen (secondary N) is 3. The van der Waals surface area contributed by atoms with Gasteiger partial charge < -0.3 is 20.1 Å². The van der Waals surface area contributed by atoms with Crippen LogP contribution in [0.5, 0.6) is 11.5 Å². The van der Waals surface area contributed by atoms with Crippen LogP contribution in [0, 0.1) is 5.92 Å². The van der Waals surface area contributed by atoms with Gasteiger partial charge in [-0.25, -0.2) is 18.1 Å². The fourth-order valence-electron chi connectivity index (χ4n) is 2.84. The molecule has 178 valence electrons. The Morgan fingerprint density at radius 1 is 1.29 bits per heavy atom. The van der Waals surface area contributed by atoms with Gasteiger partial charge in [0.15, 0.2) is 5.96 Å². The zero-order chi connectivity index (χ0) is 22.0. The first-order chi connectivity index (χ1) is 14.3. The molecule has 1 aromatic carbocycles. The Hall–Kier alpha value is -1.41. The van der Waals surface area contributed by atoms with Gasteiger partial charge in [-0.15, -0.1) is 24.0 Å². The second-order valence-electron chi connectivity index (χ2n) is 6.94. The van der Waals surface area contributed by atoms with Crippen LogP contribution in [0.25, 0.3) is 0 Å². The molecule has 0 atom stereocenters. The summed E-state index contributed by atoms with van der Waals surface area (Å²) in [7, 11) is -1.90. The van der Waals surface area contributed by atoms with E-state index in [0.29, 0.717) is 36.3 Å². The third kappa shape index (κ3) is 10.2. The van der Waals surface area contributed by atoms with Crippen LogP contribution in [-0.2, 0) is 16.6 Å². The van der Waals surface area contributed by atoms with Crippen LogP contribution in [0.1, 0.15) is 31.7 Å². The average Bonchev–Trinajstić information content (AvgIpc) is 2.65. The highest BCUT2D eigenvalue weighted by Crippen LogP contribution is 2.26. The molecule has 0 aromatic heterocycles. The van der Waals surface area contributed by atoms with E-state index < -0.39 is 16.6 Å². The molecule has 0 aliphatic heterocycles. The van der Waals surface area contributed by atoms with E-state index in [4.69, 9.17) is 4.74 Å². The molecule has 2 rings (SSSR count). The average molecular weight is 576 g/mol. The van der Waals surface area contributed by atoms with Gasteiger partial charge in [0.05, 0.1) is 19.4 Å². The van der Waals surface area contributed by atoms with E-state index in [1.807, 2.05) is 6.92 Å². The number of sulfonamides is 1. The predicted octanol–water partition coefficient (Wildman–Crippen LogP) is 2.69. The fraction of sp³-hybridized carbons (Fsp3) is 0.632. The molecule has 3 N–H and O–H groups in total. The summed E-state index contributed by atoms with van der Waals surface area (Å²) < 4.78 is 61.8. The number of hydrogen-bond acceptors (Lipinski definition) is 5. The molecule has 1 fully saturated rings. The molecule has 0 amide bonds. The summed E-state index contributed by atoms with van der Waals surface area (Å²) in [5.74, 6) is 1.22. The number of ether oxygens (including phenoxy) is 2. The van der Waals surface area contributed by atoms with E-state index >= 15 is 0 Å². The Morgan fingerprint density at radius 2 is 2.03 bits per heavy atom. The molecule has 31 heavy (non-hydrogen) atoms. The lowest BCUT2D eigenvalue weighted by molar-refractivity contribution is -0.0504. The number of alkyl halides is 2. The second-order valence-corrected chi connectivity index (χ2v) is 8.86. The van der Waals surface area contributed by atoms with Crippen LogP contribution in [0.3, 0.4) is 0 Å². The Balaban J connectivity index is 0.00000480. The lowest BCUT2D eigenvalue weighted by atomic mass is 9.86. The Labute approximate surface area is 199 Å².